The van der Waals surface area contributed by atoms with Gasteiger partial charge < -0.3 is 5.32 Å². The number of aromatic nitrogens is 2. The van der Waals surface area contributed by atoms with E-state index in [0.29, 0.717) is 17.1 Å². The van der Waals surface area contributed by atoms with Gasteiger partial charge in [0, 0.05) is 21.1 Å². The number of thioether (sulfide) groups is 1. The fourth-order valence-corrected chi connectivity index (χ4v) is 2.98. The van der Waals surface area contributed by atoms with Gasteiger partial charge >= 0.3 is 0 Å². The quantitative estimate of drug-likeness (QED) is 0.685. The third-order valence-corrected chi connectivity index (χ3v) is 4.27. The number of nitrogens with one attached hydrogen (secondary N) is 1. The van der Waals surface area contributed by atoms with Gasteiger partial charge in [-0.1, -0.05) is 17.0 Å². The van der Waals surface area contributed by atoms with Crippen LogP contribution >= 0.6 is 11.8 Å². The Morgan fingerprint density at radius 3 is 2.95 bits per heavy atom. The van der Waals surface area contributed by atoms with Crippen molar-refractivity contribution in [2.24, 2.45) is 0 Å². The van der Waals surface area contributed by atoms with Gasteiger partial charge in [0.2, 0.25) is 5.91 Å². The van der Waals surface area contributed by atoms with Gasteiger partial charge in [-0.3, -0.25) is 4.79 Å². The van der Waals surface area contributed by atoms with Crippen LogP contribution in [-0.2, 0) is 21.1 Å². The second-order valence-electron chi connectivity index (χ2n) is 4.44. The molecule has 7 heteroatoms. The molecule has 1 aromatic heterocycles. The zero-order chi connectivity index (χ0) is 14.1. The molecular formula is C14H12N3O2SW-. The van der Waals surface area contributed by atoms with Crippen LogP contribution in [0, 0.1) is 19.9 Å². The van der Waals surface area contributed by atoms with Crippen molar-refractivity contribution in [2.75, 3.05) is 11.1 Å². The van der Waals surface area contributed by atoms with E-state index < -0.39 is 0 Å². The summed E-state index contributed by atoms with van der Waals surface area (Å²) in [5, 5.41) is 9.99. The number of carbonyl (C=O) groups excluding carboxylic acids is 1. The summed E-state index contributed by atoms with van der Waals surface area (Å²) in [5.74, 6) is 1.04. The molecule has 0 saturated carbocycles. The van der Waals surface area contributed by atoms with Crippen LogP contribution in [0.25, 0.3) is 6.08 Å². The first-order valence-corrected chi connectivity index (χ1v) is 7.10. The molecule has 0 aliphatic carbocycles. The van der Waals surface area contributed by atoms with Gasteiger partial charge in [-0.15, -0.1) is 35.4 Å². The zero-order valence-electron chi connectivity index (χ0n) is 11.5. The molecule has 0 unspecified atom stereocenters. The van der Waals surface area contributed by atoms with E-state index >= 15 is 0 Å². The van der Waals surface area contributed by atoms with Crippen LogP contribution in [-0.4, -0.2) is 22.0 Å². The predicted molar refractivity (Wildman–Crippen MR) is 76.8 cm³/mol. The Bertz CT molecular complexity index is 712. The first-order valence-electron chi connectivity index (χ1n) is 6.12. The fraction of sp³-hybridized carbons (Fsp3) is 0.214. The second-order valence-corrected chi connectivity index (χ2v) is 5.47. The summed E-state index contributed by atoms with van der Waals surface area (Å²) in [6.07, 6.45) is 4.12. The smallest absolute Gasteiger partial charge is 0.215 e. The standard InChI is InChI=1S/C14H12N3O2S.W/c1-8-11(6-5-10-4-3-7-20-12(8)10)14(18)15-13-9(2)16-19-17-13;/h3-4,6H,7H2,1-2H3,(H,15,17,18);/q-1;. The van der Waals surface area contributed by atoms with E-state index in [9.17, 15) is 4.79 Å². The van der Waals surface area contributed by atoms with E-state index in [2.05, 4.69) is 32.4 Å². The summed E-state index contributed by atoms with van der Waals surface area (Å²) in [4.78, 5) is 13.4. The Morgan fingerprint density at radius 2 is 2.24 bits per heavy atom. The molecule has 1 N–H and O–H groups in total. The Balaban J connectivity index is 0.00000161. The van der Waals surface area contributed by atoms with Crippen molar-refractivity contribution in [3.05, 3.63) is 40.6 Å². The minimum absolute atomic E-state index is 0. The van der Waals surface area contributed by atoms with Crippen molar-refractivity contribution in [1.29, 1.82) is 0 Å². The third kappa shape index (κ3) is 3.11. The molecule has 1 aliphatic rings. The summed E-state index contributed by atoms with van der Waals surface area (Å²) in [7, 11) is 0. The first-order chi connectivity index (χ1) is 9.66. The van der Waals surface area contributed by atoms with Crippen molar-refractivity contribution in [1.82, 2.24) is 10.3 Å². The molecule has 108 valence electrons. The number of amides is 1. The average molecular weight is 470 g/mol. The molecule has 2 aromatic rings. The van der Waals surface area contributed by atoms with E-state index in [1.54, 1.807) is 24.8 Å². The summed E-state index contributed by atoms with van der Waals surface area (Å²) < 4.78 is 4.57. The van der Waals surface area contributed by atoms with Crippen molar-refractivity contribution in [2.45, 2.75) is 18.7 Å². The molecule has 0 spiro atoms. The van der Waals surface area contributed by atoms with E-state index in [1.165, 1.54) is 0 Å². The third-order valence-electron chi connectivity index (χ3n) is 3.10. The van der Waals surface area contributed by atoms with Crippen molar-refractivity contribution in [3.63, 3.8) is 0 Å². The number of fused-ring (bicyclic) bond motifs is 1. The zero-order valence-corrected chi connectivity index (χ0v) is 15.2. The number of nitrogens with zero attached hydrogens (tertiary/aromatic N) is 2. The van der Waals surface area contributed by atoms with E-state index in [1.807, 2.05) is 13.0 Å². The monoisotopic (exact) mass is 470 g/mol. The van der Waals surface area contributed by atoms with E-state index in [0.717, 1.165) is 21.8 Å². The molecule has 5 nitrogen and oxygen atoms in total. The number of aryl methyl sites for hydroxylation is 1. The topological polar surface area (TPSA) is 68.0 Å². The number of hydrogen-bond donors (Lipinski definition) is 1. The number of rotatable bonds is 2. The average Bonchev–Trinajstić information content (AvgIpc) is 2.85. The Hall–Kier alpha value is -1.39. The van der Waals surface area contributed by atoms with Crippen LogP contribution in [0.4, 0.5) is 5.82 Å². The van der Waals surface area contributed by atoms with Crippen LogP contribution < -0.4 is 5.32 Å². The van der Waals surface area contributed by atoms with Crippen LogP contribution in [0.2, 0.25) is 0 Å². The molecule has 2 heterocycles. The second kappa shape index (κ2) is 6.58. The van der Waals surface area contributed by atoms with Crippen molar-refractivity contribution < 1.29 is 30.5 Å². The van der Waals surface area contributed by atoms with E-state index in [4.69, 9.17) is 0 Å². The molecule has 0 radical (unpaired) electrons. The van der Waals surface area contributed by atoms with Crippen LogP contribution in [0.3, 0.4) is 0 Å². The van der Waals surface area contributed by atoms with Crippen LogP contribution in [0.5, 0.6) is 0 Å². The molecule has 0 bridgehead atoms. The SMILES string of the molecule is Cc1nonc1NC(=O)c1c[c-]c2c(c1C)SCC=C2.[W]. The molecule has 0 saturated heterocycles. The largest absolute Gasteiger partial charge is 0.310 e. The minimum atomic E-state index is -0.226. The maximum Gasteiger partial charge on any atom is 0.215 e. The first kappa shape index (κ1) is 16.0. The number of hydrogen-bond acceptors (Lipinski definition) is 5. The summed E-state index contributed by atoms with van der Waals surface area (Å²) in [6.45, 7) is 3.67. The molecular weight excluding hydrogens is 458 g/mol. The maximum absolute atomic E-state index is 12.3. The number of carbonyl (C=O) groups is 1. The van der Waals surface area contributed by atoms with E-state index in [-0.39, 0.29) is 27.0 Å². The summed E-state index contributed by atoms with van der Waals surface area (Å²) in [5.41, 5.74) is 3.14. The van der Waals surface area contributed by atoms with Gasteiger partial charge in [0.1, 0.15) is 5.69 Å². The van der Waals surface area contributed by atoms with Crippen LogP contribution in [0.1, 0.15) is 27.2 Å². The maximum atomic E-state index is 12.3. The molecule has 3 rings (SSSR count). The summed E-state index contributed by atoms with van der Waals surface area (Å²) >= 11 is 1.71. The molecule has 21 heavy (non-hydrogen) atoms. The predicted octanol–water partition coefficient (Wildman–Crippen LogP) is 2.86. The van der Waals surface area contributed by atoms with Gasteiger partial charge in [0.15, 0.2) is 5.82 Å². The van der Waals surface area contributed by atoms with Crippen molar-refractivity contribution >= 4 is 29.6 Å². The molecule has 1 aromatic carbocycles. The Morgan fingerprint density at radius 1 is 1.43 bits per heavy atom. The number of anilines is 1. The van der Waals surface area contributed by atoms with Crippen LogP contribution in [0.15, 0.2) is 21.7 Å². The molecule has 1 aliphatic heterocycles. The van der Waals surface area contributed by atoms with Gasteiger partial charge in [0.25, 0.3) is 0 Å². The van der Waals surface area contributed by atoms with Gasteiger partial charge in [0.05, 0.1) is 0 Å². The molecule has 1 amide bonds. The molecule has 0 atom stereocenters. The van der Waals surface area contributed by atoms with Gasteiger partial charge in [-0.05, 0) is 23.4 Å². The van der Waals surface area contributed by atoms with Gasteiger partial charge in [-0.2, -0.15) is 11.8 Å². The number of benzene rings is 1. The summed E-state index contributed by atoms with van der Waals surface area (Å²) in [6, 6.07) is 4.86. The van der Waals surface area contributed by atoms with Gasteiger partial charge in [-0.25, -0.2) is 4.63 Å². The normalized spacial score (nSPS) is 12.5. The van der Waals surface area contributed by atoms with Crippen molar-refractivity contribution in [3.8, 4) is 0 Å². The molecule has 0 fully saturated rings. The Labute approximate surface area is 140 Å². The fourth-order valence-electron chi connectivity index (χ4n) is 2.01. The minimum Gasteiger partial charge on any atom is -0.310 e. The Kier molecular flexibility index (Phi) is 5.01.